The SMILES string of the molecule is Nc1ncccn1.P. The van der Waals surface area contributed by atoms with Gasteiger partial charge in [0.15, 0.2) is 0 Å². The summed E-state index contributed by atoms with van der Waals surface area (Å²) in [5.74, 6) is 0.322. The highest BCUT2D eigenvalue weighted by Gasteiger charge is 1.75. The van der Waals surface area contributed by atoms with Crippen molar-refractivity contribution in [1.82, 2.24) is 9.97 Å². The van der Waals surface area contributed by atoms with Crippen LogP contribution in [0.25, 0.3) is 0 Å². The molecule has 1 unspecified atom stereocenters. The second kappa shape index (κ2) is 3.33. The van der Waals surface area contributed by atoms with Crippen LogP contribution in [0.5, 0.6) is 0 Å². The number of nitrogen functional groups attached to an aromatic ring is 1. The molecule has 0 aliphatic carbocycles. The van der Waals surface area contributed by atoms with E-state index in [9.17, 15) is 0 Å². The lowest BCUT2D eigenvalue weighted by Gasteiger charge is -1.82. The zero-order valence-electron chi connectivity index (χ0n) is 4.41. The summed E-state index contributed by atoms with van der Waals surface area (Å²) >= 11 is 0. The number of hydrogen-bond acceptors (Lipinski definition) is 3. The highest BCUT2D eigenvalue weighted by molar-refractivity contribution is 6.92. The fourth-order valence-electron chi connectivity index (χ4n) is 0.311. The van der Waals surface area contributed by atoms with Crippen LogP contribution in [-0.4, -0.2) is 9.97 Å². The van der Waals surface area contributed by atoms with E-state index in [1.807, 2.05) is 0 Å². The molecular weight excluding hydrogens is 121 g/mol. The van der Waals surface area contributed by atoms with Crippen LogP contribution in [0.4, 0.5) is 5.95 Å². The number of hydrogen-bond donors (Lipinski definition) is 1. The lowest BCUT2D eigenvalue weighted by atomic mass is 10.7. The molecule has 1 rings (SSSR count). The predicted octanol–water partition coefficient (Wildman–Crippen LogP) is 0.117. The summed E-state index contributed by atoms with van der Waals surface area (Å²) in [7, 11) is 0. The lowest BCUT2D eigenvalue weighted by Crippen LogP contribution is -1.90. The monoisotopic (exact) mass is 129 g/mol. The van der Waals surface area contributed by atoms with Gasteiger partial charge in [0.2, 0.25) is 5.95 Å². The van der Waals surface area contributed by atoms with Gasteiger partial charge in [-0.1, -0.05) is 0 Å². The summed E-state index contributed by atoms with van der Waals surface area (Å²) < 4.78 is 0. The van der Waals surface area contributed by atoms with Crippen LogP contribution in [0.1, 0.15) is 0 Å². The molecule has 1 atom stereocenters. The fourth-order valence-corrected chi connectivity index (χ4v) is 0.311. The van der Waals surface area contributed by atoms with Crippen LogP contribution in [-0.2, 0) is 0 Å². The van der Waals surface area contributed by atoms with Gasteiger partial charge < -0.3 is 5.73 Å². The minimum atomic E-state index is 0. The Hall–Kier alpha value is -0.690. The molecule has 44 valence electrons. The van der Waals surface area contributed by atoms with Crippen molar-refractivity contribution < 1.29 is 0 Å². The van der Waals surface area contributed by atoms with Crippen LogP contribution in [0.15, 0.2) is 18.5 Å². The molecule has 0 fully saturated rings. The van der Waals surface area contributed by atoms with Crippen molar-refractivity contribution in [2.75, 3.05) is 5.73 Å². The molecule has 1 aromatic rings. The van der Waals surface area contributed by atoms with Crippen molar-refractivity contribution in [3.63, 3.8) is 0 Å². The zero-order chi connectivity index (χ0) is 5.11. The highest BCUT2D eigenvalue weighted by atomic mass is 31.0. The zero-order valence-corrected chi connectivity index (χ0v) is 5.83. The molecule has 8 heavy (non-hydrogen) atoms. The average Bonchev–Trinajstić information content (AvgIpc) is 1.69. The van der Waals surface area contributed by atoms with Crippen molar-refractivity contribution in [3.05, 3.63) is 18.5 Å². The van der Waals surface area contributed by atoms with Gasteiger partial charge in [-0.2, -0.15) is 9.90 Å². The molecule has 0 bridgehead atoms. The van der Waals surface area contributed by atoms with E-state index in [0.29, 0.717) is 5.95 Å². The Balaban J connectivity index is 0.000000490. The summed E-state index contributed by atoms with van der Waals surface area (Å²) in [6.07, 6.45) is 3.20. The summed E-state index contributed by atoms with van der Waals surface area (Å²) in [5, 5.41) is 0. The fraction of sp³-hybridized carbons (Fsp3) is 0. The van der Waals surface area contributed by atoms with Crippen molar-refractivity contribution >= 4 is 15.8 Å². The van der Waals surface area contributed by atoms with Gasteiger partial charge in [-0.25, -0.2) is 9.97 Å². The Kier molecular flexibility index (Phi) is 3.04. The van der Waals surface area contributed by atoms with Crippen molar-refractivity contribution in [1.29, 1.82) is 0 Å². The number of nitrogens with zero attached hydrogens (tertiary/aromatic N) is 2. The molecule has 0 aliphatic heterocycles. The number of nitrogens with two attached hydrogens (primary N) is 1. The molecule has 0 saturated carbocycles. The van der Waals surface area contributed by atoms with E-state index in [0.717, 1.165) is 0 Å². The molecule has 0 radical (unpaired) electrons. The number of rotatable bonds is 0. The normalized spacial score (nSPS) is 7.50. The van der Waals surface area contributed by atoms with Gasteiger partial charge in [-0.15, -0.1) is 0 Å². The highest BCUT2D eigenvalue weighted by Crippen LogP contribution is 1.81. The first kappa shape index (κ1) is 7.31. The van der Waals surface area contributed by atoms with Crippen LogP contribution >= 0.6 is 9.90 Å². The van der Waals surface area contributed by atoms with Gasteiger partial charge in [-0.05, 0) is 6.07 Å². The Morgan fingerprint density at radius 1 is 1.25 bits per heavy atom. The van der Waals surface area contributed by atoms with E-state index in [1.54, 1.807) is 18.5 Å². The number of anilines is 1. The van der Waals surface area contributed by atoms with Crippen molar-refractivity contribution in [3.8, 4) is 0 Å². The molecule has 2 N–H and O–H groups in total. The van der Waals surface area contributed by atoms with E-state index in [1.165, 1.54) is 0 Å². The lowest BCUT2D eigenvalue weighted by molar-refractivity contribution is 1.19. The van der Waals surface area contributed by atoms with Crippen LogP contribution in [0.3, 0.4) is 0 Å². The predicted molar refractivity (Wildman–Crippen MR) is 37.5 cm³/mol. The molecule has 0 saturated heterocycles. The van der Waals surface area contributed by atoms with Crippen molar-refractivity contribution in [2.24, 2.45) is 0 Å². The molecular formula is C4H8N3P. The maximum Gasteiger partial charge on any atom is 0.219 e. The molecule has 1 heterocycles. The van der Waals surface area contributed by atoms with E-state index < -0.39 is 0 Å². The maximum atomic E-state index is 5.14. The van der Waals surface area contributed by atoms with Crippen molar-refractivity contribution in [2.45, 2.75) is 0 Å². The summed E-state index contributed by atoms with van der Waals surface area (Å²) in [5.41, 5.74) is 5.14. The second-order valence-corrected chi connectivity index (χ2v) is 1.11. The molecule has 0 aliphatic rings. The van der Waals surface area contributed by atoms with Gasteiger partial charge >= 0.3 is 0 Å². The van der Waals surface area contributed by atoms with E-state index in [-0.39, 0.29) is 9.90 Å². The Bertz CT molecular complexity index is 141. The van der Waals surface area contributed by atoms with E-state index in [2.05, 4.69) is 9.97 Å². The van der Waals surface area contributed by atoms with Gasteiger partial charge in [0.25, 0.3) is 0 Å². The minimum absolute atomic E-state index is 0. The minimum Gasteiger partial charge on any atom is -0.368 e. The van der Waals surface area contributed by atoms with Crippen LogP contribution < -0.4 is 5.73 Å². The third-order valence-electron chi connectivity index (χ3n) is 0.586. The van der Waals surface area contributed by atoms with Gasteiger partial charge in [0, 0.05) is 12.4 Å². The Morgan fingerprint density at radius 2 is 1.75 bits per heavy atom. The van der Waals surface area contributed by atoms with Crippen LogP contribution in [0, 0.1) is 0 Å². The van der Waals surface area contributed by atoms with Gasteiger partial charge in [0.1, 0.15) is 0 Å². The molecule has 0 aromatic carbocycles. The first-order valence-electron chi connectivity index (χ1n) is 1.92. The third-order valence-corrected chi connectivity index (χ3v) is 0.586. The Morgan fingerprint density at radius 3 is 2.00 bits per heavy atom. The molecule has 4 heteroatoms. The molecule has 0 spiro atoms. The number of aromatic nitrogens is 2. The summed E-state index contributed by atoms with van der Waals surface area (Å²) in [6.45, 7) is 0. The van der Waals surface area contributed by atoms with E-state index >= 15 is 0 Å². The topological polar surface area (TPSA) is 51.8 Å². The van der Waals surface area contributed by atoms with Gasteiger partial charge in [-0.3, -0.25) is 0 Å². The second-order valence-electron chi connectivity index (χ2n) is 1.11. The molecule has 3 nitrogen and oxygen atoms in total. The average molecular weight is 129 g/mol. The smallest absolute Gasteiger partial charge is 0.219 e. The van der Waals surface area contributed by atoms with Gasteiger partial charge in [0.05, 0.1) is 0 Å². The quantitative estimate of drug-likeness (QED) is 0.506. The first-order chi connectivity index (χ1) is 3.39. The van der Waals surface area contributed by atoms with Crippen LogP contribution in [0.2, 0.25) is 0 Å². The maximum absolute atomic E-state index is 5.14. The third kappa shape index (κ3) is 1.85. The molecule has 0 amide bonds. The molecule has 1 aromatic heterocycles. The standard InChI is InChI=1S/C4H5N3.H3P/c5-4-6-2-1-3-7-4;/h1-3H,(H2,5,6,7);1H3. The van der Waals surface area contributed by atoms with E-state index in [4.69, 9.17) is 5.73 Å². The summed E-state index contributed by atoms with van der Waals surface area (Å²) in [6, 6.07) is 1.72. The summed E-state index contributed by atoms with van der Waals surface area (Å²) in [4.78, 5) is 7.29. The largest absolute Gasteiger partial charge is 0.368 e. The Labute approximate surface area is 51.0 Å². The first-order valence-corrected chi connectivity index (χ1v) is 1.92.